The van der Waals surface area contributed by atoms with E-state index in [2.05, 4.69) is 10.6 Å². The summed E-state index contributed by atoms with van der Waals surface area (Å²) in [6.45, 7) is 1.08. The number of carbonyl (C=O) groups is 4. The smallest absolute Gasteiger partial charge is 0.326 e. The number of methoxy groups -OCH3 is 1. The van der Waals surface area contributed by atoms with Crippen molar-refractivity contribution < 1.29 is 28.7 Å². The molecule has 1 atom stereocenters. The van der Waals surface area contributed by atoms with Crippen LogP contribution in [0.2, 0.25) is 0 Å². The minimum absolute atomic E-state index is 0.108. The summed E-state index contributed by atoms with van der Waals surface area (Å²) in [6, 6.07) is 6.87. The molecule has 29 heavy (non-hydrogen) atoms. The molecule has 1 aromatic rings. The van der Waals surface area contributed by atoms with Gasteiger partial charge in [0, 0.05) is 6.54 Å². The van der Waals surface area contributed by atoms with Gasteiger partial charge in [0.25, 0.3) is 11.8 Å². The largest absolute Gasteiger partial charge is 0.497 e. The molecule has 1 saturated carbocycles. The standard InChI is InChI=1S/C20H25N3O6/c1-20(14-5-6-14)18(26)23(19(27)22-20)11-17(25)29-12-16(24)21-10-9-13-3-7-15(28-2)8-4-13/h3-4,7-8,14H,5-6,9-12H2,1-2H3,(H,21,24)(H,22,27)/t20-/m1/s1. The quantitative estimate of drug-likeness (QED) is 0.461. The summed E-state index contributed by atoms with van der Waals surface area (Å²) < 4.78 is 9.98. The zero-order valence-electron chi connectivity index (χ0n) is 16.5. The first-order chi connectivity index (χ1) is 13.8. The van der Waals surface area contributed by atoms with Gasteiger partial charge in [-0.1, -0.05) is 12.1 Å². The summed E-state index contributed by atoms with van der Waals surface area (Å²) in [5.74, 6) is -0.819. The Balaban J connectivity index is 1.37. The highest BCUT2D eigenvalue weighted by Crippen LogP contribution is 2.42. The van der Waals surface area contributed by atoms with Crippen molar-refractivity contribution >= 4 is 23.8 Å². The number of carbonyl (C=O) groups excluding carboxylic acids is 4. The topological polar surface area (TPSA) is 114 Å². The lowest BCUT2D eigenvalue weighted by atomic mass is 9.96. The fourth-order valence-electron chi connectivity index (χ4n) is 3.31. The highest BCUT2D eigenvalue weighted by atomic mass is 16.5. The Bertz CT molecular complexity index is 805. The maximum atomic E-state index is 12.5. The van der Waals surface area contributed by atoms with Crippen LogP contribution < -0.4 is 15.4 Å². The molecule has 2 N–H and O–H groups in total. The van der Waals surface area contributed by atoms with E-state index in [0.717, 1.165) is 29.1 Å². The zero-order valence-corrected chi connectivity index (χ0v) is 16.5. The second-order valence-electron chi connectivity index (χ2n) is 7.41. The van der Waals surface area contributed by atoms with Crippen LogP contribution in [0.4, 0.5) is 4.79 Å². The first-order valence-electron chi connectivity index (χ1n) is 9.53. The second-order valence-corrected chi connectivity index (χ2v) is 7.41. The molecule has 0 bridgehead atoms. The number of hydrogen-bond acceptors (Lipinski definition) is 6. The molecular formula is C20H25N3O6. The van der Waals surface area contributed by atoms with E-state index in [-0.39, 0.29) is 5.92 Å². The Hall–Kier alpha value is -3.10. The van der Waals surface area contributed by atoms with Crippen LogP contribution in [0, 0.1) is 5.92 Å². The van der Waals surface area contributed by atoms with Gasteiger partial charge in [0.1, 0.15) is 17.8 Å². The van der Waals surface area contributed by atoms with Gasteiger partial charge in [-0.15, -0.1) is 0 Å². The maximum Gasteiger partial charge on any atom is 0.326 e. The number of nitrogens with zero attached hydrogens (tertiary/aromatic N) is 1. The van der Waals surface area contributed by atoms with Crippen molar-refractivity contribution in [3.05, 3.63) is 29.8 Å². The second kappa shape index (κ2) is 8.50. The number of rotatable bonds is 9. The number of benzene rings is 1. The van der Waals surface area contributed by atoms with Crippen LogP contribution in [0.25, 0.3) is 0 Å². The number of hydrogen-bond donors (Lipinski definition) is 2. The summed E-state index contributed by atoms with van der Waals surface area (Å²) in [5, 5.41) is 5.31. The molecule has 0 unspecified atom stereocenters. The number of urea groups is 1. The number of ether oxygens (including phenoxy) is 2. The van der Waals surface area contributed by atoms with Gasteiger partial charge in [0.05, 0.1) is 7.11 Å². The monoisotopic (exact) mass is 403 g/mol. The van der Waals surface area contributed by atoms with Crippen LogP contribution in [0.1, 0.15) is 25.3 Å². The SMILES string of the molecule is COc1ccc(CCNC(=O)COC(=O)CN2C(=O)N[C@](C)(C3CC3)C2=O)cc1. The van der Waals surface area contributed by atoms with Crippen LogP contribution in [0.3, 0.4) is 0 Å². The van der Waals surface area contributed by atoms with Gasteiger partial charge in [-0.2, -0.15) is 0 Å². The fraction of sp³-hybridized carbons (Fsp3) is 0.500. The number of esters is 1. The molecule has 3 rings (SSSR count). The van der Waals surface area contributed by atoms with Crippen LogP contribution in [0.15, 0.2) is 24.3 Å². The summed E-state index contributed by atoms with van der Waals surface area (Å²) in [5.41, 5.74) is 0.0799. The Labute approximate surface area is 168 Å². The maximum absolute atomic E-state index is 12.5. The lowest BCUT2D eigenvalue weighted by molar-refractivity contribution is -0.151. The van der Waals surface area contributed by atoms with E-state index in [1.165, 1.54) is 0 Å². The molecule has 156 valence electrons. The number of imide groups is 1. The van der Waals surface area contributed by atoms with Crippen molar-refractivity contribution in [3.8, 4) is 5.75 Å². The first kappa shape index (κ1) is 20.6. The van der Waals surface area contributed by atoms with Crippen LogP contribution in [-0.4, -0.2) is 61.1 Å². The normalized spacial score (nSPS) is 21.0. The Morgan fingerprint density at radius 2 is 1.93 bits per heavy atom. The van der Waals surface area contributed by atoms with E-state index in [1.54, 1.807) is 14.0 Å². The van der Waals surface area contributed by atoms with Gasteiger partial charge in [-0.3, -0.25) is 19.3 Å². The van der Waals surface area contributed by atoms with Gasteiger partial charge in [0.15, 0.2) is 6.61 Å². The van der Waals surface area contributed by atoms with Crippen molar-refractivity contribution in [2.75, 3.05) is 26.8 Å². The molecule has 0 aromatic heterocycles. The predicted octanol–water partition coefficient (Wildman–Crippen LogP) is 0.618. The van der Waals surface area contributed by atoms with Gasteiger partial charge in [-0.25, -0.2) is 4.79 Å². The molecule has 0 spiro atoms. The van der Waals surface area contributed by atoms with E-state index >= 15 is 0 Å². The van der Waals surface area contributed by atoms with Crippen LogP contribution in [0.5, 0.6) is 5.75 Å². The van der Waals surface area contributed by atoms with E-state index in [0.29, 0.717) is 13.0 Å². The lowest BCUT2D eigenvalue weighted by Gasteiger charge is -2.20. The molecule has 9 heteroatoms. The van der Waals surface area contributed by atoms with E-state index in [9.17, 15) is 19.2 Å². The van der Waals surface area contributed by atoms with Crippen molar-refractivity contribution in [1.82, 2.24) is 15.5 Å². The minimum Gasteiger partial charge on any atom is -0.497 e. The average molecular weight is 403 g/mol. The van der Waals surface area contributed by atoms with Crippen molar-refractivity contribution in [3.63, 3.8) is 0 Å². The van der Waals surface area contributed by atoms with E-state index < -0.39 is 42.5 Å². The van der Waals surface area contributed by atoms with Gasteiger partial charge in [0.2, 0.25) is 0 Å². The molecule has 1 saturated heterocycles. The highest BCUT2D eigenvalue weighted by molar-refractivity contribution is 6.08. The molecule has 2 aliphatic rings. The van der Waals surface area contributed by atoms with Gasteiger partial charge < -0.3 is 20.1 Å². The lowest BCUT2D eigenvalue weighted by Crippen LogP contribution is -2.46. The molecule has 1 aliphatic carbocycles. The van der Waals surface area contributed by atoms with Crippen molar-refractivity contribution in [2.45, 2.75) is 31.7 Å². The molecule has 2 fully saturated rings. The third kappa shape index (κ3) is 4.85. The predicted molar refractivity (Wildman–Crippen MR) is 102 cm³/mol. The van der Waals surface area contributed by atoms with Crippen LogP contribution in [-0.2, 0) is 25.5 Å². The van der Waals surface area contributed by atoms with Crippen LogP contribution >= 0.6 is 0 Å². The summed E-state index contributed by atoms with van der Waals surface area (Å²) in [7, 11) is 1.59. The molecule has 0 radical (unpaired) electrons. The summed E-state index contributed by atoms with van der Waals surface area (Å²) in [4.78, 5) is 49.1. The fourth-order valence-corrected chi connectivity index (χ4v) is 3.31. The summed E-state index contributed by atoms with van der Waals surface area (Å²) in [6.07, 6.45) is 2.36. The summed E-state index contributed by atoms with van der Waals surface area (Å²) >= 11 is 0. The average Bonchev–Trinajstić information content (AvgIpc) is 3.53. The Kier molecular flexibility index (Phi) is 6.05. The van der Waals surface area contributed by atoms with E-state index in [4.69, 9.17) is 9.47 Å². The molecule has 4 amide bonds. The van der Waals surface area contributed by atoms with Gasteiger partial charge >= 0.3 is 12.0 Å². The molecule has 1 heterocycles. The van der Waals surface area contributed by atoms with Crippen molar-refractivity contribution in [2.24, 2.45) is 5.92 Å². The molecule has 9 nitrogen and oxygen atoms in total. The third-order valence-electron chi connectivity index (χ3n) is 5.24. The highest BCUT2D eigenvalue weighted by Gasteiger charge is 2.56. The minimum atomic E-state index is -0.948. The molecule has 1 aromatic carbocycles. The Morgan fingerprint density at radius 1 is 1.24 bits per heavy atom. The van der Waals surface area contributed by atoms with E-state index in [1.807, 2.05) is 24.3 Å². The zero-order chi connectivity index (χ0) is 21.0. The first-order valence-corrected chi connectivity index (χ1v) is 9.53. The van der Waals surface area contributed by atoms with Gasteiger partial charge in [-0.05, 0) is 49.8 Å². The molecular weight excluding hydrogens is 378 g/mol. The molecule has 1 aliphatic heterocycles. The third-order valence-corrected chi connectivity index (χ3v) is 5.24. The Morgan fingerprint density at radius 3 is 2.55 bits per heavy atom. The van der Waals surface area contributed by atoms with Crippen molar-refractivity contribution in [1.29, 1.82) is 0 Å². The number of nitrogens with one attached hydrogen (secondary N) is 2. The number of amides is 4.